The third-order valence-electron chi connectivity index (χ3n) is 5.01. The van der Waals surface area contributed by atoms with Crippen molar-refractivity contribution in [3.8, 4) is 5.75 Å². The number of rotatable bonds is 3. The van der Waals surface area contributed by atoms with Gasteiger partial charge in [0.2, 0.25) is 0 Å². The molecule has 1 saturated heterocycles. The molecule has 1 aromatic rings. The van der Waals surface area contributed by atoms with Gasteiger partial charge in [-0.3, -0.25) is 0 Å². The lowest BCUT2D eigenvalue weighted by Crippen LogP contribution is -2.45. The summed E-state index contributed by atoms with van der Waals surface area (Å²) in [5.74, 6) is 0.811. The first kappa shape index (κ1) is 14.8. The molecular weight excluding hydrogens is 266 g/mol. The Morgan fingerprint density at radius 2 is 2.00 bits per heavy atom. The smallest absolute Gasteiger partial charge is 0.120 e. The van der Waals surface area contributed by atoms with Gasteiger partial charge in [0.05, 0.1) is 5.60 Å². The maximum atomic E-state index is 10.6. The van der Waals surface area contributed by atoms with E-state index < -0.39 is 5.60 Å². The zero-order valence-electron chi connectivity index (χ0n) is 12.9. The fourth-order valence-corrected chi connectivity index (χ4v) is 3.77. The van der Waals surface area contributed by atoms with Crippen molar-refractivity contribution in [2.24, 2.45) is 0 Å². The number of fused-ring (bicyclic) bond motifs is 1. The van der Waals surface area contributed by atoms with Crippen LogP contribution < -0.4 is 5.32 Å². The van der Waals surface area contributed by atoms with E-state index in [1.54, 1.807) is 6.07 Å². The van der Waals surface area contributed by atoms with Gasteiger partial charge >= 0.3 is 0 Å². The summed E-state index contributed by atoms with van der Waals surface area (Å²) >= 11 is 0. The Kier molecular flexibility index (Phi) is 3.95. The number of hydrogen-bond acceptors (Lipinski definition) is 4. The zero-order chi connectivity index (χ0) is 15.0. The highest BCUT2D eigenvalue weighted by Gasteiger charge is 2.35. The van der Waals surface area contributed by atoms with Crippen molar-refractivity contribution in [3.05, 3.63) is 28.8 Å². The zero-order valence-corrected chi connectivity index (χ0v) is 12.9. The van der Waals surface area contributed by atoms with E-state index in [1.807, 2.05) is 6.07 Å². The molecule has 0 bridgehead atoms. The lowest BCUT2D eigenvalue weighted by molar-refractivity contribution is -0.0628. The fraction of sp³-hybridized carbons (Fsp3) is 0.647. The molecule has 3 rings (SSSR count). The largest absolute Gasteiger partial charge is 0.508 e. The standard InChI is InChI=1S/C17H25NO3/c1-11-3-4-14(19)16-13(9-12(2)15(11)16)18-10-17(20)5-7-21-8-6-17/h3-4,12-13,18-20H,5-10H2,1-2H3. The van der Waals surface area contributed by atoms with E-state index >= 15 is 0 Å². The first-order valence-electron chi connectivity index (χ1n) is 7.86. The molecule has 1 aromatic carbocycles. The summed E-state index contributed by atoms with van der Waals surface area (Å²) in [6, 6.07) is 3.89. The molecular formula is C17H25NO3. The van der Waals surface area contributed by atoms with Crippen LogP contribution in [0.3, 0.4) is 0 Å². The number of hydrogen-bond donors (Lipinski definition) is 3. The maximum absolute atomic E-state index is 10.6. The molecule has 4 heteroatoms. The van der Waals surface area contributed by atoms with Crippen LogP contribution in [0, 0.1) is 6.92 Å². The van der Waals surface area contributed by atoms with Crippen LogP contribution in [-0.4, -0.2) is 35.6 Å². The monoisotopic (exact) mass is 291 g/mol. The van der Waals surface area contributed by atoms with Crippen LogP contribution in [0.1, 0.15) is 54.8 Å². The molecule has 3 N–H and O–H groups in total. The minimum atomic E-state index is -0.677. The highest BCUT2D eigenvalue weighted by atomic mass is 16.5. The molecule has 116 valence electrons. The molecule has 0 saturated carbocycles. The van der Waals surface area contributed by atoms with Gasteiger partial charge in [-0.25, -0.2) is 0 Å². The molecule has 2 unspecified atom stereocenters. The number of aryl methyl sites for hydroxylation is 1. The third-order valence-corrected chi connectivity index (χ3v) is 5.01. The minimum Gasteiger partial charge on any atom is -0.508 e. The molecule has 21 heavy (non-hydrogen) atoms. The van der Waals surface area contributed by atoms with Crippen LogP contribution in [-0.2, 0) is 4.74 Å². The Hall–Kier alpha value is -1.10. The van der Waals surface area contributed by atoms with Crippen molar-refractivity contribution >= 4 is 0 Å². The first-order chi connectivity index (χ1) is 10.0. The van der Waals surface area contributed by atoms with Crippen molar-refractivity contribution in [1.29, 1.82) is 0 Å². The Labute approximate surface area is 126 Å². The second-order valence-corrected chi connectivity index (χ2v) is 6.64. The molecule has 0 amide bonds. The summed E-state index contributed by atoms with van der Waals surface area (Å²) < 4.78 is 5.32. The Morgan fingerprint density at radius 1 is 1.29 bits per heavy atom. The molecule has 2 atom stereocenters. The fourth-order valence-electron chi connectivity index (χ4n) is 3.77. The Balaban J connectivity index is 1.76. The highest BCUT2D eigenvalue weighted by molar-refractivity contribution is 5.50. The molecule has 1 aliphatic heterocycles. The summed E-state index contributed by atoms with van der Waals surface area (Å²) in [6.45, 7) is 6.11. The summed E-state index contributed by atoms with van der Waals surface area (Å²) in [4.78, 5) is 0. The lowest BCUT2D eigenvalue weighted by atomic mass is 9.93. The van der Waals surface area contributed by atoms with Gasteiger partial charge in [-0.2, -0.15) is 0 Å². The van der Waals surface area contributed by atoms with E-state index in [9.17, 15) is 10.2 Å². The maximum Gasteiger partial charge on any atom is 0.120 e. The number of phenols is 1. The number of aromatic hydroxyl groups is 1. The number of benzene rings is 1. The van der Waals surface area contributed by atoms with E-state index in [4.69, 9.17) is 4.74 Å². The second-order valence-electron chi connectivity index (χ2n) is 6.64. The van der Waals surface area contributed by atoms with E-state index in [-0.39, 0.29) is 6.04 Å². The SMILES string of the molecule is Cc1ccc(O)c2c1C(C)CC2NCC1(O)CCOCC1. The summed E-state index contributed by atoms with van der Waals surface area (Å²) in [7, 11) is 0. The van der Waals surface area contributed by atoms with Gasteiger partial charge in [-0.05, 0) is 36.5 Å². The first-order valence-corrected chi connectivity index (χ1v) is 7.86. The number of phenolic OH excluding ortho intramolecular Hbond substituents is 1. The number of aliphatic hydroxyl groups is 1. The van der Waals surface area contributed by atoms with Crippen LogP contribution in [0.2, 0.25) is 0 Å². The van der Waals surface area contributed by atoms with Gasteiger partial charge in [0.25, 0.3) is 0 Å². The van der Waals surface area contributed by atoms with Crippen LogP contribution in [0.15, 0.2) is 12.1 Å². The van der Waals surface area contributed by atoms with E-state index in [1.165, 1.54) is 11.1 Å². The second kappa shape index (κ2) is 5.59. The summed E-state index contributed by atoms with van der Waals surface area (Å²) in [6.07, 6.45) is 2.32. The average molecular weight is 291 g/mol. The predicted molar refractivity (Wildman–Crippen MR) is 81.6 cm³/mol. The van der Waals surface area contributed by atoms with Crippen LogP contribution in [0.5, 0.6) is 5.75 Å². The predicted octanol–water partition coefficient (Wildman–Crippen LogP) is 2.38. The van der Waals surface area contributed by atoms with Gasteiger partial charge in [0, 0.05) is 44.2 Å². The third kappa shape index (κ3) is 2.80. The Morgan fingerprint density at radius 3 is 2.71 bits per heavy atom. The van der Waals surface area contributed by atoms with Gasteiger partial charge in [-0.1, -0.05) is 13.0 Å². The quantitative estimate of drug-likeness (QED) is 0.800. The minimum absolute atomic E-state index is 0.127. The molecule has 0 spiro atoms. The van der Waals surface area contributed by atoms with Crippen molar-refractivity contribution < 1.29 is 14.9 Å². The molecule has 0 aromatic heterocycles. The number of ether oxygens (including phenoxy) is 1. The van der Waals surface area contributed by atoms with Gasteiger partial charge in [0.15, 0.2) is 0 Å². The van der Waals surface area contributed by atoms with E-state index in [0.717, 1.165) is 12.0 Å². The molecule has 1 fully saturated rings. The van der Waals surface area contributed by atoms with Crippen molar-refractivity contribution in [3.63, 3.8) is 0 Å². The Bertz CT molecular complexity index is 523. The van der Waals surface area contributed by atoms with Crippen molar-refractivity contribution in [2.75, 3.05) is 19.8 Å². The number of nitrogens with one attached hydrogen (secondary N) is 1. The van der Waals surface area contributed by atoms with Crippen LogP contribution >= 0.6 is 0 Å². The normalized spacial score (nSPS) is 27.6. The summed E-state index contributed by atoms with van der Waals surface area (Å²) in [5.41, 5.74) is 2.86. The van der Waals surface area contributed by atoms with Crippen molar-refractivity contribution in [1.82, 2.24) is 5.32 Å². The molecule has 0 radical (unpaired) electrons. The lowest BCUT2D eigenvalue weighted by Gasteiger charge is -2.33. The van der Waals surface area contributed by atoms with Crippen molar-refractivity contribution in [2.45, 2.75) is 50.7 Å². The molecule has 2 aliphatic rings. The topological polar surface area (TPSA) is 61.7 Å². The van der Waals surface area contributed by atoms with E-state index in [2.05, 4.69) is 19.2 Å². The molecule has 4 nitrogen and oxygen atoms in total. The van der Waals surface area contributed by atoms with Gasteiger partial charge < -0.3 is 20.3 Å². The van der Waals surface area contributed by atoms with Crippen LogP contribution in [0.4, 0.5) is 0 Å². The van der Waals surface area contributed by atoms with E-state index in [0.29, 0.717) is 44.3 Å². The van der Waals surface area contributed by atoms with Crippen LogP contribution in [0.25, 0.3) is 0 Å². The average Bonchev–Trinajstić information content (AvgIpc) is 2.80. The molecule has 1 heterocycles. The van der Waals surface area contributed by atoms with Gasteiger partial charge in [0.1, 0.15) is 5.75 Å². The highest BCUT2D eigenvalue weighted by Crippen LogP contribution is 2.46. The molecule has 1 aliphatic carbocycles. The summed E-state index contributed by atoms with van der Waals surface area (Å²) in [5, 5.41) is 24.3. The van der Waals surface area contributed by atoms with Gasteiger partial charge in [-0.15, -0.1) is 0 Å².